The molecule has 4 rings (SSSR count). The Morgan fingerprint density at radius 2 is 0.933 bits per heavy atom. The lowest BCUT2D eigenvalue weighted by atomic mass is 10.0. The van der Waals surface area contributed by atoms with Crippen LogP contribution >= 0.6 is 0 Å². The van der Waals surface area contributed by atoms with Gasteiger partial charge in [-0.1, -0.05) is 121 Å². The molecule has 0 fully saturated rings. The van der Waals surface area contributed by atoms with Crippen LogP contribution in [-0.4, -0.2) is 28.8 Å². The van der Waals surface area contributed by atoms with E-state index in [9.17, 15) is 0 Å². The van der Waals surface area contributed by atoms with Gasteiger partial charge in [-0.25, -0.2) is 0 Å². The van der Waals surface area contributed by atoms with E-state index in [-0.39, 0.29) is 5.54 Å². The fourth-order valence-electron chi connectivity index (χ4n) is 4.23. The quantitative estimate of drug-likeness (QED) is 0.390. The Balaban J connectivity index is 2.05. The highest BCUT2D eigenvalue weighted by Crippen LogP contribution is 2.34. The number of hydrogen-bond donors (Lipinski definition) is 0. The van der Waals surface area contributed by atoms with E-state index in [1.807, 2.05) is 0 Å². The van der Waals surface area contributed by atoms with Crippen molar-refractivity contribution >= 4 is 39.2 Å². The van der Waals surface area contributed by atoms with Gasteiger partial charge in [0, 0.05) is 5.54 Å². The monoisotopic (exact) mass is 442 g/mol. The summed E-state index contributed by atoms with van der Waals surface area (Å²) in [5.74, 6) is 0. The summed E-state index contributed by atoms with van der Waals surface area (Å²) in [6.07, 6.45) is 0. The maximum absolute atomic E-state index is 7.01. The Labute approximate surface area is 185 Å². The van der Waals surface area contributed by atoms with Crippen LogP contribution in [-0.2, 0) is 8.23 Å². The summed E-state index contributed by atoms with van der Waals surface area (Å²) in [7, 11) is -3.12. The molecule has 0 spiro atoms. The van der Waals surface area contributed by atoms with Crippen molar-refractivity contribution in [2.45, 2.75) is 5.54 Å². The molecule has 4 aromatic rings. The summed E-state index contributed by atoms with van der Waals surface area (Å²) in [5, 5.41) is 2.56. The molecule has 0 saturated heterocycles. The molecule has 0 bridgehead atoms. The summed E-state index contributed by atoms with van der Waals surface area (Å²) in [5.41, 5.74) is 2.69. The van der Waals surface area contributed by atoms with E-state index in [0.717, 1.165) is 0 Å². The number of benzene rings is 4. The van der Waals surface area contributed by atoms with Crippen molar-refractivity contribution in [1.29, 1.82) is 0 Å². The van der Waals surface area contributed by atoms with E-state index in [2.05, 4.69) is 121 Å². The normalized spacial score (nSPS) is 12.0. The van der Waals surface area contributed by atoms with Gasteiger partial charge in [0.05, 0.1) is 0 Å². The Morgan fingerprint density at radius 3 is 1.30 bits per heavy atom. The van der Waals surface area contributed by atoms with Crippen LogP contribution in [0, 0.1) is 0 Å². The molecule has 0 aliphatic rings. The van der Waals surface area contributed by atoms with Gasteiger partial charge in [-0.2, -0.15) is 0 Å². The van der Waals surface area contributed by atoms with Gasteiger partial charge in [0.25, 0.3) is 18.3 Å². The van der Waals surface area contributed by atoms with Crippen LogP contribution in [0.2, 0.25) is 0 Å². The average Bonchev–Trinajstić information content (AvgIpc) is 2.84. The van der Waals surface area contributed by atoms with Gasteiger partial charge in [-0.15, -0.1) is 0 Å². The van der Waals surface area contributed by atoms with E-state index in [1.165, 1.54) is 21.5 Å². The third-order valence-electron chi connectivity index (χ3n) is 5.48. The third-order valence-corrected chi connectivity index (χ3v) is 12.6. The zero-order valence-corrected chi connectivity index (χ0v) is 21.6. The van der Waals surface area contributed by atoms with Crippen molar-refractivity contribution in [3.63, 3.8) is 0 Å². The minimum Gasteiger partial charge on any atom is -0.449 e. The summed E-state index contributed by atoms with van der Waals surface area (Å²) in [6, 6.07) is 43.2. The molecule has 30 heavy (non-hydrogen) atoms. The zero-order chi connectivity index (χ0) is 20.7. The first-order valence-electron chi connectivity index (χ1n) is 10.2. The number of rotatable bonds is 8. The largest absolute Gasteiger partial charge is 0.449 e. The highest BCUT2D eigenvalue weighted by molar-refractivity contribution is 7.00. The molecule has 0 heterocycles. The fraction of sp³-hybridized carbons (Fsp3) is 0.0400. The van der Waals surface area contributed by atoms with Crippen molar-refractivity contribution in [3.05, 3.63) is 132 Å². The number of hydrogen-bond acceptors (Lipinski definition) is 2. The molecule has 0 atom stereocenters. The molecule has 0 saturated carbocycles. The van der Waals surface area contributed by atoms with Gasteiger partial charge in [0.2, 0.25) is 0 Å². The fourth-order valence-corrected chi connectivity index (χ4v) is 12.2. The molecule has 150 valence electrons. The topological polar surface area (TPSA) is 18.5 Å². The molecular weight excluding hydrogens is 417 g/mol. The molecule has 0 aromatic heterocycles. The molecule has 5 heteroatoms. The Kier molecular flexibility index (Phi) is 6.88. The van der Waals surface area contributed by atoms with E-state index < -0.39 is 18.3 Å². The summed E-state index contributed by atoms with van der Waals surface area (Å²) < 4.78 is 12.8. The van der Waals surface area contributed by atoms with Crippen LogP contribution in [0.4, 0.5) is 0 Å². The van der Waals surface area contributed by atoms with E-state index in [0.29, 0.717) is 10.5 Å². The predicted octanol–water partition coefficient (Wildman–Crippen LogP) is 2.43. The molecule has 2 nitrogen and oxygen atoms in total. The Morgan fingerprint density at radius 1 is 0.567 bits per heavy atom. The van der Waals surface area contributed by atoms with Crippen LogP contribution in [0.1, 0.15) is 16.7 Å². The second-order valence-corrected chi connectivity index (χ2v) is 14.2. The van der Waals surface area contributed by atoms with Crippen molar-refractivity contribution in [2.75, 3.05) is 0 Å². The van der Waals surface area contributed by atoms with Crippen LogP contribution in [0.15, 0.2) is 121 Å². The lowest BCUT2D eigenvalue weighted by Crippen LogP contribution is -2.66. The zero-order valence-electron chi connectivity index (χ0n) is 17.1. The van der Waals surface area contributed by atoms with Gasteiger partial charge in [0.1, 0.15) is 10.5 Å². The SMILES string of the molecule is [SiH3]O[SiH2]O[Si](c1ccccc1)(c1ccccc1)C(c1ccccc1)c1ccccc1. The lowest BCUT2D eigenvalue weighted by molar-refractivity contribution is 0.479. The van der Waals surface area contributed by atoms with E-state index >= 15 is 0 Å². The van der Waals surface area contributed by atoms with Crippen LogP contribution in [0.3, 0.4) is 0 Å². The minimum atomic E-state index is -2.72. The first-order chi connectivity index (χ1) is 14.9. The van der Waals surface area contributed by atoms with Crippen molar-refractivity contribution in [3.8, 4) is 0 Å². The molecule has 0 amide bonds. The third kappa shape index (κ3) is 4.16. The Bertz CT molecular complexity index is 950. The Hall–Kier alpha value is -2.55. The molecule has 0 radical (unpaired) electrons. The first kappa shape index (κ1) is 20.7. The van der Waals surface area contributed by atoms with Gasteiger partial charge < -0.3 is 8.23 Å². The van der Waals surface area contributed by atoms with Gasteiger partial charge in [0.15, 0.2) is 0 Å². The average molecular weight is 443 g/mol. The molecule has 0 aliphatic carbocycles. The highest BCUT2D eigenvalue weighted by Gasteiger charge is 2.48. The van der Waals surface area contributed by atoms with Crippen molar-refractivity contribution < 1.29 is 8.23 Å². The maximum Gasteiger partial charge on any atom is 0.283 e. The molecule has 0 aliphatic heterocycles. The van der Waals surface area contributed by atoms with Crippen LogP contribution in [0.25, 0.3) is 0 Å². The van der Waals surface area contributed by atoms with Crippen molar-refractivity contribution in [2.24, 2.45) is 0 Å². The summed E-state index contributed by atoms with van der Waals surface area (Å²) >= 11 is 0. The summed E-state index contributed by atoms with van der Waals surface area (Å²) in [4.78, 5) is 0. The molecule has 4 aromatic carbocycles. The van der Waals surface area contributed by atoms with Crippen LogP contribution < -0.4 is 10.4 Å². The second kappa shape index (κ2) is 9.97. The highest BCUT2D eigenvalue weighted by atomic mass is 28.4. The molecule has 0 N–H and O–H groups in total. The maximum atomic E-state index is 7.01. The van der Waals surface area contributed by atoms with Gasteiger partial charge in [-0.05, 0) is 21.5 Å². The minimum absolute atomic E-state index is 0.119. The van der Waals surface area contributed by atoms with Gasteiger partial charge >= 0.3 is 0 Å². The van der Waals surface area contributed by atoms with Crippen LogP contribution in [0.5, 0.6) is 0 Å². The molecular formula is C25H26O2Si3. The molecule has 0 unspecified atom stereocenters. The van der Waals surface area contributed by atoms with Crippen molar-refractivity contribution in [1.82, 2.24) is 0 Å². The lowest BCUT2D eigenvalue weighted by Gasteiger charge is -2.40. The van der Waals surface area contributed by atoms with E-state index in [4.69, 9.17) is 8.23 Å². The smallest absolute Gasteiger partial charge is 0.283 e. The second-order valence-electron chi connectivity index (χ2n) is 7.27. The standard InChI is InChI=1S/C25H26O2Si3/c28-26-29-27-30(23-17-9-3-10-18-23,24-19-11-4-12-20-24)25(21-13-5-1-6-14-21)22-15-7-2-8-16-22/h1-20,25H,29H2,28H3. The summed E-state index contributed by atoms with van der Waals surface area (Å²) in [6.45, 7) is 0. The van der Waals surface area contributed by atoms with Gasteiger partial charge in [-0.3, -0.25) is 0 Å². The van der Waals surface area contributed by atoms with E-state index in [1.54, 1.807) is 0 Å². The predicted molar refractivity (Wildman–Crippen MR) is 133 cm³/mol. The first-order valence-corrected chi connectivity index (χ1v) is 14.2.